The third kappa shape index (κ3) is 3.70. The number of anilines is 1. The first-order chi connectivity index (χ1) is 10.0. The molecule has 1 heterocycles. The number of hydrogen-bond donors (Lipinski definition) is 1. The van der Waals surface area contributed by atoms with E-state index in [1.54, 1.807) is 7.11 Å². The number of methoxy groups -OCH3 is 1. The fourth-order valence-corrected chi connectivity index (χ4v) is 3.46. The van der Waals surface area contributed by atoms with E-state index in [0.29, 0.717) is 6.61 Å². The maximum atomic E-state index is 5.54. The van der Waals surface area contributed by atoms with Gasteiger partial charge in [-0.1, -0.05) is 0 Å². The normalized spacial score (nSPS) is 12.0. The second kappa shape index (κ2) is 6.85. The van der Waals surface area contributed by atoms with Crippen LogP contribution in [0.5, 0.6) is 11.5 Å². The van der Waals surface area contributed by atoms with E-state index in [-0.39, 0.29) is 6.04 Å². The quantitative estimate of drug-likeness (QED) is 0.819. The van der Waals surface area contributed by atoms with Gasteiger partial charge in [0.05, 0.1) is 13.7 Å². The van der Waals surface area contributed by atoms with Gasteiger partial charge in [-0.25, -0.2) is 0 Å². The number of rotatable bonds is 6. The largest absolute Gasteiger partial charge is 0.493 e. The Morgan fingerprint density at radius 2 is 1.95 bits per heavy atom. The molecular formula is C17H23NO2S. The molecule has 0 aliphatic heterocycles. The number of ether oxygens (including phenoxy) is 2. The van der Waals surface area contributed by atoms with E-state index in [4.69, 9.17) is 9.47 Å². The molecule has 4 heteroatoms. The Labute approximate surface area is 130 Å². The van der Waals surface area contributed by atoms with Crippen LogP contribution < -0.4 is 14.8 Å². The van der Waals surface area contributed by atoms with Crippen LogP contribution in [0.1, 0.15) is 35.2 Å². The first-order valence-corrected chi connectivity index (χ1v) is 8.01. The molecular weight excluding hydrogens is 282 g/mol. The van der Waals surface area contributed by atoms with Crippen LogP contribution in [0.15, 0.2) is 24.3 Å². The van der Waals surface area contributed by atoms with Crippen molar-refractivity contribution in [1.29, 1.82) is 0 Å². The van der Waals surface area contributed by atoms with Gasteiger partial charge < -0.3 is 14.8 Å². The van der Waals surface area contributed by atoms with Crippen molar-refractivity contribution in [2.75, 3.05) is 19.0 Å². The summed E-state index contributed by atoms with van der Waals surface area (Å²) in [5.74, 6) is 1.54. The molecule has 0 spiro atoms. The van der Waals surface area contributed by atoms with Crippen LogP contribution in [0.4, 0.5) is 5.69 Å². The first-order valence-electron chi connectivity index (χ1n) is 7.19. The number of thiophene rings is 1. The van der Waals surface area contributed by atoms with Crippen molar-refractivity contribution in [2.45, 2.75) is 33.7 Å². The highest BCUT2D eigenvalue weighted by atomic mass is 32.1. The highest BCUT2D eigenvalue weighted by Crippen LogP contribution is 2.33. The predicted molar refractivity (Wildman–Crippen MR) is 90.0 cm³/mol. The number of aryl methyl sites for hydroxylation is 2. The summed E-state index contributed by atoms with van der Waals surface area (Å²) < 4.78 is 10.9. The molecule has 0 aliphatic rings. The summed E-state index contributed by atoms with van der Waals surface area (Å²) in [6, 6.07) is 8.47. The lowest BCUT2D eigenvalue weighted by Crippen LogP contribution is -2.07. The third-order valence-electron chi connectivity index (χ3n) is 3.39. The number of benzene rings is 1. The van der Waals surface area contributed by atoms with Crippen molar-refractivity contribution in [3.8, 4) is 11.5 Å². The summed E-state index contributed by atoms with van der Waals surface area (Å²) in [4.78, 5) is 2.71. The molecule has 1 aromatic carbocycles. The van der Waals surface area contributed by atoms with Gasteiger partial charge in [-0.2, -0.15) is 0 Å². The molecule has 21 heavy (non-hydrogen) atoms. The molecule has 1 unspecified atom stereocenters. The van der Waals surface area contributed by atoms with Crippen molar-refractivity contribution in [3.63, 3.8) is 0 Å². The van der Waals surface area contributed by atoms with Crippen LogP contribution in [-0.4, -0.2) is 13.7 Å². The van der Waals surface area contributed by atoms with Gasteiger partial charge in [0.15, 0.2) is 11.5 Å². The van der Waals surface area contributed by atoms with Crippen molar-refractivity contribution in [3.05, 3.63) is 39.6 Å². The molecule has 0 amide bonds. The zero-order valence-corrected chi connectivity index (χ0v) is 14.1. The van der Waals surface area contributed by atoms with Crippen molar-refractivity contribution < 1.29 is 9.47 Å². The van der Waals surface area contributed by atoms with Crippen LogP contribution in [0.2, 0.25) is 0 Å². The Balaban J connectivity index is 2.17. The Bertz CT molecular complexity index is 607. The average molecular weight is 305 g/mol. The van der Waals surface area contributed by atoms with E-state index >= 15 is 0 Å². The maximum absolute atomic E-state index is 5.54. The number of nitrogens with one attached hydrogen (secondary N) is 1. The monoisotopic (exact) mass is 305 g/mol. The molecule has 0 saturated carbocycles. The molecule has 1 aromatic heterocycles. The summed E-state index contributed by atoms with van der Waals surface area (Å²) in [5, 5.41) is 3.53. The Morgan fingerprint density at radius 1 is 1.19 bits per heavy atom. The van der Waals surface area contributed by atoms with Crippen LogP contribution in [0.3, 0.4) is 0 Å². The Hall–Kier alpha value is -1.68. The van der Waals surface area contributed by atoms with Crippen LogP contribution >= 0.6 is 11.3 Å². The highest BCUT2D eigenvalue weighted by Gasteiger charge is 2.12. The molecule has 1 N–H and O–H groups in total. The molecule has 0 saturated heterocycles. The fraction of sp³-hybridized carbons (Fsp3) is 0.412. The van der Waals surface area contributed by atoms with E-state index in [1.165, 1.54) is 15.3 Å². The van der Waals surface area contributed by atoms with E-state index in [1.807, 2.05) is 36.5 Å². The second-order valence-corrected chi connectivity index (χ2v) is 6.49. The Morgan fingerprint density at radius 3 is 2.52 bits per heavy atom. The summed E-state index contributed by atoms with van der Waals surface area (Å²) in [6.07, 6.45) is 0. The molecule has 2 aromatic rings. The van der Waals surface area contributed by atoms with Crippen molar-refractivity contribution in [1.82, 2.24) is 0 Å². The van der Waals surface area contributed by atoms with Crippen LogP contribution in [0, 0.1) is 13.8 Å². The van der Waals surface area contributed by atoms with Crippen molar-refractivity contribution >= 4 is 17.0 Å². The summed E-state index contributed by atoms with van der Waals surface area (Å²) in [5.41, 5.74) is 2.39. The average Bonchev–Trinajstić information content (AvgIpc) is 2.79. The van der Waals surface area contributed by atoms with Gasteiger partial charge in [0.2, 0.25) is 0 Å². The van der Waals surface area contributed by atoms with Crippen LogP contribution in [0.25, 0.3) is 0 Å². The van der Waals surface area contributed by atoms with Gasteiger partial charge in [0, 0.05) is 27.5 Å². The Kier molecular flexibility index (Phi) is 5.12. The summed E-state index contributed by atoms with van der Waals surface area (Å²) in [6.45, 7) is 9.09. The maximum Gasteiger partial charge on any atom is 0.162 e. The van der Waals surface area contributed by atoms with Gasteiger partial charge >= 0.3 is 0 Å². The third-order valence-corrected chi connectivity index (χ3v) is 4.37. The van der Waals surface area contributed by atoms with E-state index in [0.717, 1.165) is 17.2 Å². The minimum absolute atomic E-state index is 0.262. The lowest BCUT2D eigenvalue weighted by atomic mass is 10.1. The molecule has 3 nitrogen and oxygen atoms in total. The fourth-order valence-electron chi connectivity index (χ4n) is 2.44. The molecule has 0 aliphatic carbocycles. The lowest BCUT2D eigenvalue weighted by Gasteiger charge is -2.17. The molecule has 0 radical (unpaired) electrons. The van der Waals surface area contributed by atoms with Gasteiger partial charge in [0.1, 0.15) is 0 Å². The molecule has 0 fully saturated rings. The molecule has 114 valence electrons. The van der Waals surface area contributed by atoms with Crippen LogP contribution in [-0.2, 0) is 0 Å². The first kappa shape index (κ1) is 15.7. The van der Waals surface area contributed by atoms with Gasteiger partial charge in [0.25, 0.3) is 0 Å². The highest BCUT2D eigenvalue weighted by molar-refractivity contribution is 7.12. The minimum atomic E-state index is 0.262. The smallest absolute Gasteiger partial charge is 0.162 e. The summed E-state index contributed by atoms with van der Waals surface area (Å²) >= 11 is 1.84. The zero-order valence-electron chi connectivity index (χ0n) is 13.3. The second-order valence-electron chi connectivity index (χ2n) is 5.03. The van der Waals surface area contributed by atoms with Gasteiger partial charge in [-0.05, 0) is 51.5 Å². The SMILES string of the molecule is CCOc1ccc(NC(C)c2cc(C)sc2C)cc1OC. The molecule has 1 atom stereocenters. The zero-order chi connectivity index (χ0) is 15.4. The minimum Gasteiger partial charge on any atom is -0.493 e. The van der Waals surface area contributed by atoms with E-state index in [2.05, 4.69) is 32.2 Å². The van der Waals surface area contributed by atoms with E-state index in [9.17, 15) is 0 Å². The standard InChI is InChI=1S/C17H23NO2S/c1-6-20-16-8-7-14(10-17(16)19-5)18-12(3)15-9-11(2)21-13(15)4/h7-10,12,18H,6H2,1-5H3. The molecule has 0 bridgehead atoms. The lowest BCUT2D eigenvalue weighted by molar-refractivity contribution is 0.311. The number of hydrogen-bond acceptors (Lipinski definition) is 4. The van der Waals surface area contributed by atoms with Crippen molar-refractivity contribution in [2.24, 2.45) is 0 Å². The summed E-state index contributed by atoms with van der Waals surface area (Å²) in [7, 11) is 1.66. The predicted octanol–water partition coefficient (Wildman–Crippen LogP) is 4.95. The van der Waals surface area contributed by atoms with Gasteiger partial charge in [-0.3, -0.25) is 0 Å². The van der Waals surface area contributed by atoms with E-state index < -0.39 is 0 Å². The van der Waals surface area contributed by atoms with Gasteiger partial charge in [-0.15, -0.1) is 11.3 Å². The molecule has 2 rings (SSSR count). The topological polar surface area (TPSA) is 30.5 Å².